The number of oxime groups is 1. The molecule has 1 aliphatic heterocycles. The Morgan fingerprint density at radius 2 is 2.16 bits per heavy atom. The Hall–Kier alpha value is -1.03. The van der Waals surface area contributed by atoms with Crippen molar-refractivity contribution >= 4 is 17.5 Å². The van der Waals surface area contributed by atoms with Gasteiger partial charge in [-0.1, -0.05) is 12.1 Å². The highest BCUT2D eigenvalue weighted by molar-refractivity contribution is 7.99. The van der Waals surface area contributed by atoms with Crippen LogP contribution in [0.4, 0.5) is 0 Å². The molecule has 1 aromatic rings. The number of hydrogen-bond acceptors (Lipinski definition) is 4. The minimum atomic E-state index is 0.0122. The molecular formula is C15H20N2OS. The van der Waals surface area contributed by atoms with Gasteiger partial charge in [-0.25, -0.2) is 0 Å². The maximum atomic E-state index is 5.75. The number of pyridine rings is 1. The lowest BCUT2D eigenvalue weighted by Gasteiger charge is -2.19. The third kappa shape index (κ3) is 2.50. The number of nitrogens with zero attached hydrogens (tertiary/aromatic N) is 2. The second-order valence-corrected chi connectivity index (χ2v) is 6.74. The molecule has 1 saturated carbocycles. The van der Waals surface area contributed by atoms with Crippen LogP contribution in [0.25, 0.3) is 0 Å². The first-order valence-corrected chi connectivity index (χ1v) is 8.06. The molecule has 0 saturated heterocycles. The van der Waals surface area contributed by atoms with Gasteiger partial charge in [-0.15, -0.1) is 11.8 Å². The first-order chi connectivity index (χ1) is 9.22. The molecule has 3 rings (SSSR count). The van der Waals surface area contributed by atoms with E-state index in [2.05, 4.69) is 30.1 Å². The van der Waals surface area contributed by atoms with Gasteiger partial charge in [-0.3, -0.25) is 4.98 Å². The van der Waals surface area contributed by atoms with Gasteiger partial charge in [0.2, 0.25) is 0 Å². The molecule has 0 radical (unpaired) electrons. The summed E-state index contributed by atoms with van der Waals surface area (Å²) in [7, 11) is 0. The van der Waals surface area contributed by atoms with Crippen molar-refractivity contribution < 1.29 is 4.84 Å². The molecule has 2 heterocycles. The maximum Gasteiger partial charge on any atom is 0.143 e. The summed E-state index contributed by atoms with van der Waals surface area (Å²) in [6.45, 7) is 4.23. The molecule has 1 aromatic heterocycles. The minimum Gasteiger partial charge on any atom is -0.389 e. The van der Waals surface area contributed by atoms with E-state index in [4.69, 9.17) is 4.84 Å². The molecule has 2 aliphatic rings. The van der Waals surface area contributed by atoms with E-state index < -0.39 is 0 Å². The Balaban J connectivity index is 1.81. The lowest BCUT2D eigenvalue weighted by Crippen LogP contribution is -2.24. The summed E-state index contributed by atoms with van der Waals surface area (Å²) < 4.78 is 0. The highest BCUT2D eigenvalue weighted by atomic mass is 32.2. The fourth-order valence-corrected chi connectivity index (χ4v) is 3.72. The van der Waals surface area contributed by atoms with Crippen molar-refractivity contribution in [1.29, 1.82) is 0 Å². The van der Waals surface area contributed by atoms with Gasteiger partial charge in [-0.05, 0) is 44.4 Å². The Morgan fingerprint density at radius 1 is 1.37 bits per heavy atom. The molecule has 0 unspecified atom stereocenters. The second-order valence-electron chi connectivity index (χ2n) is 5.44. The van der Waals surface area contributed by atoms with Crippen LogP contribution in [0.2, 0.25) is 0 Å². The van der Waals surface area contributed by atoms with E-state index in [0.29, 0.717) is 0 Å². The van der Waals surface area contributed by atoms with Crippen molar-refractivity contribution in [1.82, 2.24) is 4.98 Å². The predicted octanol–water partition coefficient (Wildman–Crippen LogP) is 3.94. The zero-order valence-corrected chi connectivity index (χ0v) is 12.4. The molecule has 0 bridgehead atoms. The van der Waals surface area contributed by atoms with Crippen LogP contribution in [-0.4, -0.2) is 22.0 Å². The molecule has 1 aliphatic carbocycles. The average molecular weight is 276 g/mol. The quantitative estimate of drug-likeness (QED) is 0.784. The normalized spacial score (nSPS) is 20.6. The number of aromatic nitrogens is 1. The lowest BCUT2D eigenvalue weighted by atomic mass is 9.93. The van der Waals surface area contributed by atoms with Crippen LogP contribution in [0.5, 0.6) is 0 Å². The molecule has 0 N–H and O–H groups in total. The fraction of sp³-hybridized carbons (Fsp3) is 0.600. The third-order valence-electron chi connectivity index (χ3n) is 4.03. The summed E-state index contributed by atoms with van der Waals surface area (Å²) in [4.78, 5) is 11.5. The van der Waals surface area contributed by atoms with Gasteiger partial charge in [0.1, 0.15) is 5.60 Å². The molecule has 102 valence electrons. The van der Waals surface area contributed by atoms with Crippen LogP contribution in [0.15, 0.2) is 22.3 Å². The topological polar surface area (TPSA) is 34.5 Å². The van der Waals surface area contributed by atoms with E-state index in [9.17, 15) is 0 Å². The molecule has 0 amide bonds. The van der Waals surface area contributed by atoms with Crippen LogP contribution in [0, 0.1) is 6.92 Å². The number of rotatable bonds is 3. The van der Waals surface area contributed by atoms with Gasteiger partial charge in [0, 0.05) is 23.1 Å². The summed E-state index contributed by atoms with van der Waals surface area (Å²) in [5.41, 5.74) is 3.32. The van der Waals surface area contributed by atoms with Crippen molar-refractivity contribution in [3.05, 3.63) is 23.5 Å². The Kier molecular flexibility index (Phi) is 3.52. The highest BCUT2D eigenvalue weighted by Crippen LogP contribution is 2.41. The lowest BCUT2D eigenvalue weighted by molar-refractivity contribution is -0.0126. The van der Waals surface area contributed by atoms with Gasteiger partial charge in [0.05, 0.1) is 11.4 Å². The molecule has 0 aromatic carbocycles. The maximum absolute atomic E-state index is 5.75. The SMILES string of the molecule is CCSc1cc(C2=NOC3(CCCC3)C2)cnc1C. The summed E-state index contributed by atoms with van der Waals surface area (Å²) in [6.07, 6.45) is 7.72. The van der Waals surface area contributed by atoms with Crippen molar-refractivity contribution in [2.24, 2.45) is 5.16 Å². The van der Waals surface area contributed by atoms with Gasteiger partial charge in [-0.2, -0.15) is 0 Å². The largest absolute Gasteiger partial charge is 0.389 e. The van der Waals surface area contributed by atoms with E-state index in [0.717, 1.165) is 42.0 Å². The van der Waals surface area contributed by atoms with E-state index in [-0.39, 0.29) is 5.60 Å². The van der Waals surface area contributed by atoms with E-state index in [1.165, 1.54) is 17.7 Å². The van der Waals surface area contributed by atoms with E-state index in [1.807, 2.05) is 18.0 Å². The van der Waals surface area contributed by atoms with E-state index in [1.54, 1.807) is 0 Å². The molecule has 0 atom stereocenters. The molecule has 1 fully saturated rings. The standard InChI is InChI=1S/C15H20N2OS/c1-3-19-14-8-12(10-16-11(14)2)13-9-15(18-17-13)6-4-5-7-15/h8,10H,3-7,9H2,1-2H3. The summed E-state index contributed by atoms with van der Waals surface area (Å²) in [5, 5.41) is 4.34. The second kappa shape index (κ2) is 5.16. The zero-order valence-electron chi connectivity index (χ0n) is 11.6. The summed E-state index contributed by atoms with van der Waals surface area (Å²) >= 11 is 1.84. The zero-order chi connectivity index (χ0) is 13.3. The smallest absolute Gasteiger partial charge is 0.143 e. The highest BCUT2D eigenvalue weighted by Gasteiger charge is 2.42. The fourth-order valence-electron chi connectivity index (χ4n) is 2.94. The van der Waals surface area contributed by atoms with Gasteiger partial charge >= 0.3 is 0 Å². The third-order valence-corrected chi connectivity index (χ3v) is 5.04. The molecular weight excluding hydrogens is 256 g/mol. The number of thioether (sulfide) groups is 1. The van der Waals surface area contributed by atoms with Crippen LogP contribution in [0.3, 0.4) is 0 Å². The first-order valence-electron chi connectivity index (χ1n) is 7.07. The van der Waals surface area contributed by atoms with Gasteiger partial charge in [0.25, 0.3) is 0 Å². The molecule has 3 nitrogen and oxygen atoms in total. The van der Waals surface area contributed by atoms with E-state index >= 15 is 0 Å². The minimum absolute atomic E-state index is 0.0122. The van der Waals surface area contributed by atoms with Crippen LogP contribution in [0.1, 0.15) is 50.3 Å². The van der Waals surface area contributed by atoms with Crippen molar-refractivity contribution in [2.75, 3.05) is 5.75 Å². The van der Waals surface area contributed by atoms with Gasteiger partial charge in [0.15, 0.2) is 0 Å². The number of aryl methyl sites for hydroxylation is 1. The summed E-state index contributed by atoms with van der Waals surface area (Å²) in [5.74, 6) is 1.07. The van der Waals surface area contributed by atoms with Crippen LogP contribution >= 0.6 is 11.8 Å². The monoisotopic (exact) mass is 276 g/mol. The molecule has 4 heteroatoms. The first kappa shape index (κ1) is 13.0. The van der Waals surface area contributed by atoms with Gasteiger partial charge < -0.3 is 4.84 Å². The Bertz CT molecular complexity index is 507. The average Bonchev–Trinajstić information content (AvgIpc) is 3.04. The Labute approximate surface area is 118 Å². The summed E-state index contributed by atoms with van der Waals surface area (Å²) in [6, 6.07) is 2.21. The number of hydrogen-bond donors (Lipinski definition) is 0. The molecule has 19 heavy (non-hydrogen) atoms. The van der Waals surface area contributed by atoms with Crippen molar-refractivity contribution in [2.45, 2.75) is 56.4 Å². The van der Waals surface area contributed by atoms with Crippen LogP contribution in [-0.2, 0) is 4.84 Å². The Morgan fingerprint density at radius 3 is 2.89 bits per heavy atom. The van der Waals surface area contributed by atoms with Crippen molar-refractivity contribution in [3.8, 4) is 0 Å². The van der Waals surface area contributed by atoms with Crippen molar-refractivity contribution in [3.63, 3.8) is 0 Å². The molecule has 1 spiro atoms. The van der Waals surface area contributed by atoms with Crippen LogP contribution < -0.4 is 0 Å². The predicted molar refractivity (Wildman–Crippen MR) is 78.8 cm³/mol.